The number of β-amino-alcohol motifs (C(OH)–C–C–N with tert-alkyl or cyclic N) is 1. The van der Waals surface area contributed by atoms with Crippen LogP contribution in [-0.4, -0.2) is 59.5 Å². The van der Waals surface area contributed by atoms with E-state index in [1.807, 2.05) is 19.1 Å². The van der Waals surface area contributed by atoms with Crippen LogP contribution in [0.1, 0.15) is 44.9 Å². The van der Waals surface area contributed by atoms with Crippen LogP contribution in [0.25, 0.3) is 0 Å². The molecule has 2 N–H and O–H groups in total. The van der Waals surface area contributed by atoms with E-state index in [1.54, 1.807) is 28.0 Å². The summed E-state index contributed by atoms with van der Waals surface area (Å²) in [5.41, 5.74) is 2.08. The number of rotatable bonds is 4. The lowest BCUT2D eigenvalue weighted by molar-refractivity contribution is -0.117. The number of benzene rings is 1. The quantitative estimate of drug-likeness (QED) is 0.668. The first kappa shape index (κ1) is 22.0. The fourth-order valence-corrected chi connectivity index (χ4v) is 5.40. The van der Waals surface area contributed by atoms with Crippen molar-refractivity contribution in [1.29, 1.82) is 0 Å². The number of amides is 3. The van der Waals surface area contributed by atoms with Gasteiger partial charge in [-0.05, 0) is 71.6 Å². The average Bonchev–Trinajstić information content (AvgIpc) is 3.33. The molecule has 2 aliphatic heterocycles. The van der Waals surface area contributed by atoms with Gasteiger partial charge in [0.2, 0.25) is 5.91 Å². The maximum Gasteiger partial charge on any atom is 0.261 e. The van der Waals surface area contributed by atoms with Crippen molar-refractivity contribution >= 4 is 50.7 Å². The summed E-state index contributed by atoms with van der Waals surface area (Å²) >= 11 is 4.70. The van der Waals surface area contributed by atoms with Gasteiger partial charge in [0.15, 0.2) is 0 Å². The van der Waals surface area contributed by atoms with Crippen LogP contribution in [0.4, 0.5) is 5.69 Å². The van der Waals surface area contributed by atoms with E-state index in [0.29, 0.717) is 35.8 Å². The van der Waals surface area contributed by atoms with Crippen molar-refractivity contribution in [2.75, 3.05) is 24.5 Å². The molecule has 1 aromatic heterocycles. The van der Waals surface area contributed by atoms with E-state index in [-0.39, 0.29) is 30.2 Å². The van der Waals surface area contributed by atoms with Crippen molar-refractivity contribution in [2.45, 2.75) is 38.3 Å². The minimum Gasteiger partial charge on any atom is -0.391 e. The first-order chi connectivity index (χ1) is 14.8. The zero-order valence-corrected chi connectivity index (χ0v) is 19.5. The van der Waals surface area contributed by atoms with Crippen molar-refractivity contribution in [1.82, 2.24) is 10.2 Å². The fraction of sp³-hybridized carbons (Fsp3) is 0.409. The summed E-state index contributed by atoms with van der Waals surface area (Å²) in [7, 11) is 0. The third-order valence-corrected chi connectivity index (χ3v) is 7.32. The summed E-state index contributed by atoms with van der Waals surface area (Å²) in [6, 6.07) is 8.67. The molecule has 3 heterocycles. The highest BCUT2D eigenvalue weighted by Crippen LogP contribution is 2.27. The maximum atomic E-state index is 12.9. The van der Waals surface area contributed by atoms with Gasteiger partial charge in [-0.2, -0.15) is 0 Å². The number of carbonyl (C=O) groups excluding carboxylic acids is 3. The number of hydrogen-bond acceptors (Lipinski definition) is 5. The van der Waals surface area contributed by atoms with Gasteiger partial charge in [0.25, 0.3) is 11.8 Å². The van der Waals surface area contributed by atoms with Crippen molar-refractivity contribution in [3.05, 3.63) is 50.1 Å². The van der Waals surface area contributed by atoms with Crippen molar-refractivity contribution in [3.8, 4) is 0 Å². The van der Waals surface area contributed by atoms with E-state index in [1.165, 1.54) is 11.3 Å². The first-order valence-corrected chi connectivity index (χ1v) is 11.9. The number of aryl methyl sites for hydroxylation is 1. The molecule has 2 unspecified atom stereocenters. The summed E-state index contributed by atoms with van der Waals surface area (Å²) < 4.78 is 0.881. The van der Waals surface area contributed by atoms with Crippen molar-refractivity contribution in [2.24, 2.45) is 0 Å². The van der Waals surface area contributed by atoms with Crippen LogP contribution in [0.2, 0.25) is 0 Å². The Bertz CT molecular complexity index is 1020. The zero-order chi connectivity index (χ0) is 22.1. The summed E-state index contributed by atoms with van der Waals surface area (Å²) in [5.74, 6) is -0.339. The Labute approximate surface area is 193 Å². The molecular weight excluding hydrogens is 482 g/mol. The van der Waals surface area contributed by atoms with Gasteiger partial charge in [0.1, 0.15) is 0 Å². The Balaban J connectivity index is 1.43. The highest BCUT2D eigenvalue weighted by molar-refractivity contribution is 9.11. The van der Waals surface area contributed by atoms with Gasteiger partial charge in [-0.25, -0.2) is 0 Å². The second-order valence-electron chi connectivity index (χ2n) is 8.03. The Morgan fingerprint density at radius 1 is 1.23 bits per heavy atom. The van der Waals surface area contributed by atoms with Crippen LogP contribution < -0.4 is 10.2 Å². The Hall–Kier alpha value is -2.23. The third kappa shape index (κ3) is 4.83. The topological polar surface area (TPSA) is 90.0 Å². The van der Waals surface area contributed by atoms with Gasteiger partial charge in [-0.3, -0.25) is 14.4 Å². The standard InChI is InChI=1S/C22H24BrN3O4S/c1-13-9-15(4-5-17(13)22(30)25-8-2-3-16(27)12-25)26-11-14(10-20(26)28)24-21(29)18-6-7-19(23)31-18/h4-7,9,14,16,27H,2-3,8,10-12H2,1H3,(H,24,29). The lowest BCUT2D eigenvalue weighted by Gasteiger charge is -2.30. The normalized spacial score (nSPS) is 21.5. The molecule has 2 aliphatic rings. The van der Waals surface area contributed by atoms with Gasteiger partial charge in [0.05, 0.1) is 20.8 Å². The molecule has 2 fully saturated rings. The molecule has 2 atom stereocenters. The van der Waals surface area contributed by atoms with Crippen LogP contribution in [0, 0.1) is 6.92 Å². The SMILES string of the molecule is Cc1cc(N2CC(NC(=O)c3ccc(Br)s3)CC2=O)ccc1C(=O)N1CCCC(O)C1. The smallest absolute Gasteiger partial charge is 0.261 e. The molecule has 0 aliphatic carbocycles. The van der Waals surface area contributed by atoms with E-state index in [4.69, 9.17) is 0 Å². The highest BCUT2D eigenvalue weighted by atomic mass is 79.9. The maximum absolute atomic E-state index is 12.9. The molecule has 3 amide bonds. The number of aliphatic hydroxyl groups is 1. The molecule has 2 aromatic rings. The molecule has 31 heavy (non-hydrogen) atoms. The summed E-state index contributed by atoms with van der Waals surface area (Å²) in [6.45, 7) is 3.24. The number of likely N-dealkylation sites (tertiary alicyclic amines) is 1. The molecule has 7 nitrogen and oxygen atoms in total. The summed E-state index contributed by atoms with van der Waals surface area (Å²) in [5, 5.41) is 12.8. The monoisotopic (exact) mass is 505 g/mol. The van der Waals surface area contributed by atoms with Crippen LogP contribution in [0.3, 0.4) is 0 Å². The molecule has 9 heteroatoms. The molecule has 1 aromatic carbocycles. The Kier molecular flexibility index (Phi) is 6.45. The first-order valence-electron chi connectivity index (χ1n) is 10.3. The number of anilines is 1. The van der Waals surface area contributed by atoms with Crippen LogP contribution in [-0.2, 0) is 4.79 Å². The number of hydrogen-bond donors (Lipinski definition) is 2. The predicted molar refractivity (Wildman–Crippen MR) is 123 cm³/mol. The van der Waals surface area contributed by atoms with E-state index in [0.717, 1.165) is 22.2 Å². The second kappa shape index (κ2) is 9.10. The van der Waals surface area contributed by atoms with E-state index in [2.05, 4.69) is 21.2 Å². The lowest BCUT2D eigenvalue weighted by Crippen LogP contribution is -2.42. The number of carbonyl (C=O) groups is 3. The zero-order valence-electron chi connectivity index (χ0n) is 17.1. The Morgan fingerprint density at radius 2 is 2.03 bits per heavy atom. The van der Waals surface area contributed by atoms with Gasteiger partial charge in [0, 0.05) is 37.3 Å². The van der Waals surface area contributed by atoms with Crippen molar-refractivity contribution < 1.29 is 19.5 Å². The fourth-order valence-electron chi connectivity index (χ4n) is 4.11. The minimum atomic E-state index is -0.470. The number of halogens is 1. The molecular formula is C22H24BrN3O4S. The lowest BCUT2D eigenvalue weighted by atomic mass is 10.0. The van der Waals surface area contributed by atoms with Crippen LogP contribution >= 0.6 is 27.3 Å². The molecule has 164 valence electrons. The highest BCUT2D eigenvalue weighted by Gasteiger charge is 2.32. The number of thiophene rings is 1. The van der Waals surface area contributed by atoms with E-state index in [9.17, 15) is 19.5 Å². The molecule has 0 radical (unpaired) electrons. The molecule has 0 spiro atoms. The Morgan fingerprint density at radius 3 is 2.71 bits per heavy atom. The van der Waals surface area contributed by atoms with Crippen LogP contribution in [0.15, 0.2) is 34.1 Å². The number of nitrogens with zero attached hydrogens (tertiary/aromatic N) is 2. The number of piperidine rings is 1. The van der Waals surface area contributed by atoms with Gasteiger partial charge >= 0.3 is 0 Å². The average molecular weight is 506 g/mol. The van der Waals surface area contributed by atoms with Gasteiger partial charge in [-0.1, -0.05) is 0 Å². The van der Waals surface area contributed by atoms with Gasteiger partial charge < -0.3 is 20.2 Å². The predicted octanol–water partition coefficient (Wildman–Crippen LogP) is 2.95. The number of nitrogens with one attached hydrogen (secondary N) is 1. The van der Waals surface area contributed by atoms with E-state index < -0.39 is 6.10 Å². The second-order valence-corrected chi connectivity index (χ2v) is 10.5. The summed E-state index contributed by atoms with van der Waals surface area (Å²) in [4.78, 5) is 41.8. The van der Waals surface area contributed by atoms with Gasteiger partial charge in [-0.15, -0.1) is 11.3 Å². The van der Waals surface area contributed by atoms with Crippen LogP contribution in [0.5, 0.6) is 0 Å². The van der Waals surface area contributed by atoms with Crippen molar-refractivity contribution in [3.63, 3.8) is 0 Å². The minimum absolute atomic E-state index is 0.0599. The number of aliphatic hydroxyl groups excluding tert-OH is 1. The third-order valence-electron chi connectivity index (χ3n) is 5.69. The molecule has 0 saturated carbocycles. The molecule has 2 saturated heterocycles. The largest absolute Gasteiger partial charge is 0.391 e. The van der Waals surface area contributed by atoms with E-state index >= 15 is 0 Å². The summed E-state index contributed by atoms with van der Waals surface area (Å²) in [6.07, 6.45) is 1.29. The molecule has 0 bridgehead atoms. The molecule has 4 rings (SSSR count).